The van der Waals surface area contributed by atoms with Crippen LogP contribution in [0.1, 0.15) is 31.5 Å². The number of halogens is 1. The molecule has 0 aromatic carbocycles. The summed E-state index contributed by atoms with van der Waals surface area (Å²) >= 11 is 1.59. The maximum absolute atomic E-state index is 14.8. The van der Waals surface area contributed by atoms with Crippen LogP contribution in [-0.4, -0.2) is 46.3 Å². The molecule has 23 heavy (non-hydrogen) atoms. The van der Waals surface area contributed by atoms with Gasteiger partial charge >= 0.3 is 0 Å². The number of aromatic nitrogens is 4. The van der Waals surface area contributed by atoms with Crippen LogP contribution in [0.3, 0.4) is 0 Å². The molecule has 3 rings (SSSR count). The van der Waals surface area contributed by atoms with Crippen LogP contribution in [0.4, 0.5) is 15.3 Å². The maximum atomic E-state index is 14.8. The van der Waals surface area contributed by atoms with E-state index in [0.29, 0.717) is 24.6 Å². The Kier molecular flexibility index (Phi) is 4.18. The van der Waals surface area contributed by atoms with E-state index < -0.39 is 0 Å². The van der Waals surface area contributed by atoms with Crippen LogP contribution in [0.2, 0.25) is 0 Å². The highest BCUT2D eigenvalue weighted by Gasteiger charge is 2.27. The second-order valence-electron chi connectivity index (χ2n) is 6.69. The molecule has 0 unspecified atom stereocenters. The van der Waals surface area contributed by atoms with Crippen molar-refractivity contribution in [3.63, 3.8) is 0 Å². The van der Waals surface area contributed by atoms with Crippen LogP contribution in [0, 0.1) is 12.7 Å². The second-order valence-corrected chi connectivity index (χ2v) is 7.85. The van der Waals surface area contributed by atoms with Crippen molar-refractivity contribution < 1.29 is 4.39 Å². The SMILES string of the molecule is Cc1nnc(N2CCN(c3ncnc(C(C)(C)C)c3F)CC2)s1. The fraction of sp³-hybridized carbons (Fsp3) is 0.600. The molecule has 0 bridgehead atoms. The summed E-state index contributed by atoms with van der Waals surface area (Å²) in [5.41, 5.74) is 0.123. The smallest absolute Gasteiger partial charge is 0.208 e. The molecule has 1 aliphatic rings. The van der Waals surface area contributed by atoms with Crippen LogP contribution in [0.15, 0.2) is 6.33 Å². The molecule has 0 spiro atoms. The minimum Gasteiger partial charge on any atom is -0.351 e. The van der Waals surface area contributed by atoms with Gasteiger partial charge in [-0.2, -0.15) is 0 Å². The molecule has 0 radical (unpaired) electrons. The first kappa shape index (κ1) is 16.0. The van der Waals surface area contributed by atoms with Gasteiger partial charge in [0.05, 0.1) is 5.69 Å². The lowest BCUT2D eigenvalue weighted by molar-refractivity contribution is 0.493. The minimum absolute atomic E-state index is 0.305. The molecule has 0 atom stereocenters. The predicted octanol–water partition coefficient (Wildman–Crippen LogP) is 2.40. The van der Waals surface area contributed by atoms with Gasteiger partial charge in [0.25, 0.3) is 0 Å². The molecule has 1 saturated heterocycles. The van der Waals surface area contributed by atoms with Gasteiger partial charge in [-0.25, -0.2) is 14.4 Å². The summed E-state index contributed by atoms with van der Waals surface area (Å²) in [6.45, 7) is 10.8. The van der Waals surface area contributed by atoms with Crippen molar-refractivity contribution in [3.05, 3.63) is 22.8 Å². The Morgan fingerprint density at radius 3 is 2.26 bits per heavy atom. The van der Waals surface area contributed by atoms with E-state index in [1.54, 1.807) is 11.3 Å². The van der Waals surface area contributed by atoms with Gasteiger partial charge in [-0.15, -0.1) is 10.2 Å². The molecule has 0 amide bonds. The highest BCUT2D eigenvalue weighted by atomic mass is 32.1. The largest absolute Gasteiger partial charge is 0.351 e. The molecule has 6 nitrogen and oxygen atoms in total. The molecule has 0 saturated carbocycles. The van der Waals surface area contributed by atoms with Crippen molar-refractivity contribution in [2.24, 2.45) is 0 Å². The fourth-order valence-corrected chi connectivity index (χ4v) is 3.37. The van der Waals surface area contributed by atoms with Gasteiger partial charge < -0.3 is 9.80 Å². The number of rotatable bonds is 2. The first-order valence-electron chi connectivity index (χ1n) is 7.67. The van der Waals surface area contributed by atoms with E-state index in [1.165, 1.54) is 6.33 Å². The Labute approximate surface area is 139 Å². The number of hydrogen-bond donors (Lipinski definition) is 0. The van der Waals surface area contributed by atoms with Crippen molar-refractivity contribution in [2.75, 3.05) is 36.0 Å². The Hall–Kier alpha value is -1.83. The Morgan fingerprint density at radius 2 is 1.70 bits per heavy atom. The zero-order valence-corrected chi connectivity index (χ0v) is 14.7. The van der Waals surface area contributed by atoms with Gasteiger partial charge in [-0.3, -0.25) is 0 Å². The molecular weight excluding hydrogens is 315 g/mol. The van der Waals surface area contributed by atoms with E-state index in [4.69, 9.17) is 0 Å². The quantitative estimate of drug-likeness (QED) is 0.839. The molecule has 2 aromatic rings. The molecule has 124 valence electrons. The zero-order chi connectivity index (χ0) is 16.6. The molecule has 8 heteroatoms. The summed E-state index contributed by atoms with van der Waals surface area (Å²) in [5, 5.41) is 10.1. The average molecular weight is 336 g/mol. The first-order chi connectivity index (χ1) is 10.9. The fourth-order valence-electron chi connectivity index (χ4n) is 2.63. The second kappa shape index (κ2) is 5.99. The molecule has 0 N–H and O–H groups in total. The number of aryl methyl sites for hydroxylation is 1. The lowest BCUT2D eigenvalue weighted by Crippen LogP contribution is -2.47. The number of hydrogen-bond acceptors (Lipinski definition) is 7. The van der Waals surface area contributed by atoms with Crippen molar-refractivity contribution in [3.8, 4) is 0 Å². The zero-order valence-electron chi connectivity index (χ0n) is 13.9. The normalized spacial score (nSPS) is 16.0. The van der Waals surface area contributed by atoms with Crippen molar-refractivity contribution >= 4 is 22.3 Å². The van der Waals surface area contributed by atoms with Crippen LogP contribution in [-0.2, 0) is 5.41 Å². The van der Waals surface area contributed by atoms with Gasteiger partial charge in [0.15, 0.2) is 11.6 Å². The van der Waals surface area contributed by atoms with Crippen molar-refractivity contribution in [1.82, 2.24) is 20.2 Å². The molecule has 1 fully saturated rings. The van der Waals surface area contributed by atoms with Crippen LogP contribution in [0.5, 0.6) is 0 Å². The molecular formula is C15H21FN6S. The summed E-state index contributed by atoms with van der Waals surface area (Å²) < 4.78 is 14.8. The van der Waals surface area contributed by atoms with Crippen LogP contribution in [0.25, 0.3) is 0 Å². The summed E-state index contributed by atoms with van der Waals surface area (Å²) in [7, 11) is 0. The van der Waals surface area contributed by atoms with Gasteiger partial charge in [0.2, 0.25) is 5.13 Å². The molecule has 2 aromatic heterocycles. The van der Waals surface area contributed by atoms with Gasteiger partial charge in [-0.05, 0) is 6.92 Å². The lowest BCUT2D eigenvalue weighted by Gasteiger charge is -2.35. The van der Waals surface area contributed by atoms with E-state index in [2.05, 4.69) is 25.1 Å². The van der Waals surface area contributed by atoms with E-state index >= 15 is 0 Å². The summed E-state index contributed by atoms with van der Waals surface area (Å²) in [6.07, 6.45) is 1.46. The Balaban J connectivity index is 1.75. The summed E-state index contributed by atoms with van der Waals surface area (Å²) in [5.74, 6) is 0.0956. The predicted molar refractivity (Wildman–Crippen MR) is 89.8 cm³/mol. The van der Waals surface area contributed by atoms with Crippen molar-refractivity contribution in [1.29, 1.82) is 0 Å². The average Bonchev–Trinajstić information content (AvgIpc) is 2.93. The van der Waals surface area contributed by atoms with E-state index in [0.717, 1.165) is 23.2 Å². The summed E-state index contributed by atoms with van der Waals surface area (Å²) in [6, 6.07) is 0. The number of anilines is 2. The van der Waals surface area contributed by atoms with E-state index in [-0.39, 0.29) is 11.2 Å². The standard InChI is InChI=1S/C15H21FN6S/c1-10-19-20-14(23-10)22-7-5-21(6-8-22)13-11(16)12(15(2,3)4)17-9-18-13/h9H,5-8H2,1-4H3. The van der Waals surface area contributed by atoms with E-state index in [9.17, 15) is 4.39 Å². The van der Waals surface area contributed by atoms with E-state index in [1.807, 2.05) is 32.6 Å². The van der Waals surface area contributed by atoms with Crippen molar-refractivity contribution in [2.45, 2.75) is 33.1 Å². The lowest BCUT2D eigenvalue weighted by atomic mass is 9.91. The number of nitrogens with zero attached hydrogens (tertiary/aromatic N) is 6. The van der Waals surface area contributed by atoms with Crippen LogP contribution >= 0.6 is 11.3 Å². The Morgan fingerprint density at radius 1 is 1.04 bits per heavy atom. The molecule has 0 aliphatic carbocycles. The molecule has 3 heterocycles. The Bertz CT molecular complexity index is 688. The third-order valence-electron chi connectivity index (χ3n) is 3.85. The third kappa shape index (κ3) is 3.26. The first-order valence-corrected chi connectivity index (χ1v) is 8.49. The maximum Gasteiger partial charge on any atom is 0.208 e. The van der Waals surface area contributed by atoms with Gasteiger partial charge in [-0.1, -0.05) is 32.1 Å². The van der Waals surface area contributed by atoms with Gasteiger partial charge in [0.1, 0.15) is 11.3 Å². The number of piperazine rings is 1. The summed E-state index contributed by atoms with van der Waals surface area (Å²) in [4.78, 5) is 12.5. The highest BCUT2D eigenvalue weighted by Crippen LogP contribution is 2.28. The van der Waals surface area contributed by atoms with Gasteiger partial charge in [0, 0.05) is 31.6 Å². The van der Waals surface area contributed by atoms with Crippen LogP contribution < -0.4 is 9.80 Å². The monoisotopic (exact) mass is 336 g/mol. The highest BCUT2D eigenvalue weighted by molar-refractivity contribution is 7.15. The molecule has 1 aliphatic heterocycles. The topological polar surface area (TPSA) is 58.0 Å². The third-order valence-corrected chi connectivity index (χ3v) is 4.75. The minimum atomic E-state index is -0.340.